The molecule has 22 heavy (non-hydrogen) atoms. The Morgan fingerprint density at radius 1 is 0.909 bits per heavy atom. The van der Waals surface area contributed by atoms with Gasteiger partial charge in [0.1, 0.15) is 0 Å². The minimum Gasteiger partial charge on any atom is -0.0804 e. The lowest BCUT2D eigenvalue weighted by Crippen LogP contribution is -2.05. The number of benzene rings is 3. The number of rotatable bonds is 1. The van der Waals surface area contributed by atoms with E-state index in [4.69, 9.17) is 0 Å². The van der Waals surface area contributed by atoms with Gasteiger partial charge in [0.15, 0.2) is 0 Å². The molecule has 0 spiro atoms. The van der Waals surface area contributed by atoms with Crippen LogP contribution in [0.4, 0.5) is 0 Å². The number of hydrogen-bond acceptors (Lipinski definition) is 0. The van der Waals surface area contributed by atoms with Crippen molar-refractivity contribution in [2.75, 3.05) is 0 Å². The summed E-state index contributed by atoms with van der Waals surface area (Å²) in [5.41, 5.74) is 4.36. The topological polar surface area (TPSA) is 0 Å². The molecule has 1 aliphatic rings. The molecule has 0 nitrogen and oxygen atoms in total. The smallest absolute Gasteiger partial charge is 0.00677 e. The maximum Gasteiger partial charge on any atom is -0.00677 e. The summed E-state index contributed by atoms with van der Waals surface area (Å²) in [7, 11) is 0. The predicted molar refractivity (Wildman–Crippen MR) is 97.2 cm³/mol. The molecule has 3 aromatic rings. The van der Waals surface area contributed by atoms with Crippen LogP contribution in [0.1, 0.15) is 37.3 Å². The Kier molecular flexibility index (Phi) is 3.26. The summed E-state index contributed by atoms with van der Waals surface area (Å²) < 4.78 is 0. The van der Waals surface area contributed by atoms with Crippen LogP contribution in [-0.4, -0.2) is 0 Å². The lowest BCUT2D eigenvalue weighted by Gasteiger charge is -2.24. The first kappa shape index (κ1) is 13.6. The van der Waals surface area contributed by atoms with Crippen LogP contribution >= 0.6 is 0 Å². The Labute approximate surface area is 132 Å². The number of hydrogen-bond donors (Lipinski definition) is 0. The van der Waals surface area contributed by atoms with Crippen LogP contribution in [-0.2, 0) is 0 Å². The van der Waals surface area contributed by atoms with Crippen molar-refractivity contribution in [1.29, 1.82) is 0 Å². The molecule has 0 amide bonds. The largest absolute Gasteiger partial charge is 0.0804 e. The Morgan fingerprint density at radius 3 is 2.59 bits per heavy atom. The summed E-state index contributed by atoms with van der Waals surface area (Å²) in [5, 5.41) is 5.53. The van der Waals surface area contributed by atoms with E-state index in [9.17, 15) is 0 Å². The van der Waals surface area contributed by atoms with Crippen LogP contribution in [0, 0.1) is 12.8 Å². The van der Waals surface area contributed by atoms with Crippen LogP contribution in [0.2, 0.25) is 0 Å². The van der Waals surface area contributed by atoms with Crippen LogP contribution < -0.4 is 0 Å². The molecule has 110 valence electrons. The van der Waals surface area contributed by atoms with Gasteiger partial charge in [-0.3, -0.25) is 0 Å². The second-order valence-corrected chi connectivity index (χ2v) is 6.69. The molecule has 0 aromatic heterocycles. The standard InChI is InChI=1S/C22H22/c1-15-11-12-21-18(13-15)14-17-8-4-6-10-20(17)22(21)19-9-5-3-7-16(19)2/h4,6,8-14,16H,3,5,7H2,1-2H3. The maximum absolute atomic E-state index is 2.48. The molecule has 0 aliphatic heterocycles. The average molecular weight is 286 g/mol. The quantitative estimate of drug-likeness (QED) is 0.448. The van der Waals surface area contributed by atoms with Gasteiger partial charge in [0.2, 0.25) is 0 Å². The summed E-state index contributed by atoms with van der Waals surface area (Å²) in [6, 6.07) is 18.1. The normalized spacial score (nSPS) is 18.6. The Bertz CT molecular complexity index is 883. The van der Waals surface area contributed by atoms with E-state index in [1.165, 1.54) is 51.9 Å². The van der Waals surface area contributed by atoms with Crippen molar-refractivity contribution in [2.24, 2.45) is 5.92 Å². The zero-order valence-corrected chi connectivity index (χ0v) is 13.4. The van der Waals surface area contributed by atoms with Crippen molar-refractivity contribution in [2.45, 2.75) is 33.1 Å². The van der Waals surface area contributed by atoms with E-state index in [1.54, 1.807) is 5.57 Å². The Balaban J connectivity index is 2.14. The van der Waals surface area contributed by atoms with Gasteiger partial charge in [0.05, 0.1) is 0 Å². The average Bonchev–Trinajstić information content (AvgIpc) is 2.53. The molecule has 0 bridgehead atoms. The summed E-state index contributed by atoms with van der Waals surface area (Å²) >= 11 is 0. The van der Waals surface area contributed by atoms with Gasteiger partial charge in [-0.25, -0.2) is 0 Å². The predicted octanol–water partition coefficient (Wildman–Crippen LogP) is 6.50. The van der Waals surface area contributed by atoms with Gasteiger partial charge in [-0.2, -0.15) is 0 Å². The fraction of sp³-hybridized carbons (Fsp3) is 0.273. The first-order valence-electron chi connectivity index (χ1n) is 8.36. The summed E-state index contributed by atoms with van der Waals surface area (Å²) in [6.45, 7) is 4.56. The van der Waals surface area contributed by atoms with Crippen molar-refractivity contribution in [1.82, 2.24) is 0 Å². The summed E-state index contributed by atoms with van der Waals surface area (Å²) in [5.74, 6) is 0.657. The second kappa shape index (κ2) is 5.28. The molecular weight excluding hydrogens is 264 g/mol. The molecule has 0 radical (unpaired) electrons. The van der Waals surface area contributed by atoms with E-state index in [0.29, 0.717) is 5.92 Å². The lowest BCUT2D eigenvalue weighted by atomic mass is 9.81. The number of aryl methyl sites for hydroxylation is 1. The summed E-state index contributed by atoms with van der Waals surface area (Å²) in [6.07, 6.45) is 6.33. The van der Waals surface area contributed by atoms with Crippen LogP contribution in [0.5, 0.6) is 0 Å². The van der Waals surface area contributed by atoms with Gasteiger partial charge in [0.25, 0.3) is 0 Å². The highest BCUT2D eigenvalue weighted by atomic mass is 14.2. The molecule has 1 atom stereocenters. The zero-order valence-electron chi connectivity index (χ0n) is 13.4. The highest BCUT2D eigenvalue weighted by Gasteiger charge is 2.19. The van der Waals surface area contributed by atoms with E-state index in [-0.39, 0.29) is 0 Å². The first-order valence-corrected chi connectivity index (χ1v) is 8.36. The number of fused-ring (bicyclic) bond motifs is 2. The first-order chi connectivity index (χ1) is 10.7. The third kappa shape index (κ3) is 2.14. The third-order valence-corrected chi connectivity index (χ3v) is 5.04. The Morgan fingerprint density at radius 2 is 1.73 bits per heavy atom. The van der Waals surface area contributed by atoms with Gasteiger partial charge in [-0.1, -0.05) is 61.0 Å². The van der Waals surface area contributed by atoms with Gasteiger partial charge >= 0.3 is 0 Å². The van der Waals surface area contributed by atoms with E-state index in [0.717, 1.165) is 0 Å². The molecule has 3 aromatic carbocycles. The number of allylic oxidation sites excluding steroid dienone is 2. The molecular formula is C22H22. The lowest BCUT2D eigenvalue weighted by molar-refractivity contribution is 0.602. The molecule has 0 saturated heterocycles. The van der Waals surface area contributed by atoms with E-state index in [2.05, 4.69) is 68.5 Å². The molecule has 0 N–H and O–H groups in total. The minimum absolute atomic E-state index is 0.657. The monoisotopic (exact) mass is 286 g/mol. The third-order valence-electron chi connectivity index (χ3n) is 5.04. The molecule has 0 heterocycles. The SMILES string of the molecule is Cc1ccc2c(C3=CCCCC3C)c3ccccc3cc2c1. The van der Waals surface area contributed by atoms with Crippen LogP contribution in [0.25, 0.3) is 27.1 Å². The highest BCUT2D eigenvalue weighted by molar-refractivity contribution is 6.09. The van der Waals surface area contributed by atoms with Gasteiger partial charge in [-0.15, -0.1) is 0 Å². The molecule has 0 fully saturated rings. The van der Waals surface area contributed by atoms with E-state index >= 15 is 0 Å². The van der Waals surface area contributed by atoms with Crippen molar-refractivity contribution in [3.8, 4) is 0 Å². The second-order valence-electron chi connectivity index (χ2n) is 6.69. The van der Waals surface area contributed by atoms with Gasteiger partial charge < -0.3 is 0 Å². The zero-order chi connectivity index (χ0) is 15.1. The van der Waals surface area contributed by atoms with E-state index in [1.807, 2.05) is 0 Å². The highest BCUT2D eigenvalue weighted by Crippen LogP contribution is 2.40. The van der Waals surface area contributed by atoms with Crippen LogP contribution in [0.3, 0.4) is 0 Å². The van der Waals surface area contributed by atoms with Gasteiger partial charge in [-0.05, 0) is 70.9 Å². The van der Waals surface area contributed by atoms with Gasteiger partial charge in [0, 0.05) is 0 Å². The molecule has 4 rings (SSSR count). The Hall–Kier alpha value is -2.08. The fourth-order valence-corrected chi connectivity index (χ4v) is 3.89. The van der Waals surface area contributed by atoms with E-state index < -0.39 is 0 Å². The van der Waals surface area contributed by atoms with Crippen LogP contribution in [0.15, 0.2) is 54.6 Å². The molecule has 1 unspecified atom stereocenters. The van der Waals surface area contributed by atoms with Crippen molar-refractivity contribution >= 4 is 27.1 Å². The molecule has 0 saturated carbocycles. The molecule has 1 aliphatic carbocycles. The van der Waals surface area contributed by atoms with Crippen molar-refractivity contribution in [3.05, 3.63) is 65.7 Å². The minimum atomic E-state index is 0.657. The summed E-state index contributed by atoms with van der Waals surface area (Å²) in [4.78, 5) is 0. The maximum atomic E-state index is 2.48. The fourth-order valence-electron chi connectivity index (χ4n) is 3.89. The molecule has 0 heteroatoms. The van der Waals surface area contributed by atoms with Crippen molar-refractivity contribution in [3.63, 3.8) is 0 Å². The van der Waals surface area contributed by atoms with Crippen molar-refractivity contribution < 1.29 is 0 Å².